The van der Waals surface area contributed by atoms with Crippen LogP contribution in [0.1, 0.15) is 11.6 Å². The van der Waals surface area contributed by atoms with Crippen molar-refractivity contribution in [3.05, 3.63) is 17.7 Å². The zero-order valence-corrected chi connectivity index (χ0v) is 12.4. The summed E-state index contributed by atoms with van der Waals surface area (Å²) in [6.07, 6.45) is -7.51. The van der Waals surface area contributed by atoms with Crippen molar-refractivity contribution in [2.75, 3.05) is 21.3 Å². The smallest absolute Gasteiger partial charge is 0.416 e. The highest BCUT2D eigenvalue weighted by Crippen LogP contribution is 2.40. The van der Waals surface area contributed by atoms with Crippen LogP contribution < -0.4 is 19.9 Å². The molecule has 0 spiro atoms. The van der Waals surface area contributed by atoms with Crippen LogP contribution in [0.4, 0.5) is 13.2 Å². The number of alkyl halides is 3. The van der Waals surface area contributed by atoms with Gasteiger partial charge in [0, 0.05) is 0 Å². The average molecular weight is 332 g/mol. The molecule has 0 fully saturated rings. The van der Waals surface area contributed by atoms with Crippen LogP contribution >= 0.6 is 12.4 Å². The fraction of sp³-hybridized carbons (Fsp3) is 0.500. The molecule has 1 aromatic rings. The van der Waals surface area contributed by atoms with Crippen molar-refractivity contribution < 1.29 is 32.5 Å². The Hall–Kier alpha value is -1.38. The van der Waals surface area contributed by atoms with Crippen molar-refractivity contribution in [2.24, 2.45) is 5.73 Å². The predicted molar refractivity (Wildman–Crippen MR) is 72.3 cm³/mol. The largest absolute Gasteiger partial charge is 0.493 e. The van der Waals surface area contributed by atoms with Gasteiger partial charge < -0.3 is 25.1 Å². The first-order chi connectivity index (χ1) is 9.26. The number of rotatable bonds is 5. The topological polar surface area (TPSA) is 73.9 Å². The summed E-state index contributed by atoms with van der Waals surface area (Å²) in [5, 5.41) is 9.20. The maximum absolute atomic E-state index is 12.5. The van der Waals surface area contributed by atoms with E-state index in [1.165, 1.54) is 33.5 Å². The standard InChI is InChI=1S/C12H16F3NO4.ClH/c1-18-7-4-6(5-8(19-2)10(7)20-3)9(16)11(17)12(13,14)15;/h4-5,9,11,17H,16H2,1-3H3;1H/t9-,11-;/m1./s1. The molecule has 0 aromatic heterocycles. The molecule has 1 aromatic carbocycles. The number of hydrogen-bond donors (Lipinski definition) is 2. The van der Waals surface area contributed by atoms with Gasteiger partial charge in [-0.25, -0.2) is 0 Å². The maximum atomic E-state index is 12.5. The molecular weight excluding hydrogens is 315 g/mol. The van der Waals surface area contributed by atoms with Gasteiger partial charge in [0.25, 0.3) is 0 Å². The van der Waals surface area contributed by atoms with E-state index in [2.05, 4.69) is 0 Å². The van der Waals surface area contributed by atoms with Crippen molar-refractivity contribution in [3.63, 3.8) is 0 Å². The van der Waals surface area contributed by atoms with Gasteiger partial charge in [-0.05, 0) is 17.7 Å². The van der Waals surface area contributed by atoms with E-state index in [9.17, 15) is 18.3 Å². The Kier molecular flexibility index (Phi) is 7.08. The number of benzene rings is 1. The first-order valence-electron chi connectivity index (χ1n) is 5.56. The highest BCUT2D eigenvalue weighted by atomic mass is 35.5. The molecule has 0 heterocycles. The van der Waals surface area contributed by atoms with Crippen molar-refractivity contribution in [3.8, 4) is 17.2 Å². The molecule has 0 saturated carbocycles. The number of aliphatic hydroxyl groups excluding tert-OH is 1. The van der Waals surface area contributed by atoms with E-state index >= 15 is 0 Å². The minimum Gasteiger partial charge on any atom is -0.493 e. The van der Waals surface area contributed by atoms with Crippen LogP contribution in [0.5, 0.6) is 17.2 Å². The molecule has 0 aliphatic carbocycles. The van der Waals surface area contributed by atoms with E-state index in [1.54, 1.807) is 0 Å². The molecule has 5 nitrogen and oxygen atoms in total. The molecule has 9 heteroatoms. The van der Waals surface area contributed by atoms with Gasteiger partial charge in [-0.3, -0.25) is 0 Å². The van der Waals surface area contributed by atoms with E-state index in [-0.39, 0.29) is 35.2 Å². The van der Waals surface area contributed by atoms with E-state index < -0.39 is 18.3 Å². The molecule has 21 heavy (non-hydrogen) atoms. The number of hydrogen-bond acceptors (Lipinski definition) is 5. The van der Waals surface area contributed by atoms with Crippen LogP contribution in [0.3, 0.4) is 0 Å². The molecule has 0 unspecified atom stereocenters. The normalized spacial score (nSPS) is 13.9. The zero-order chi connectivity index (χ0) is 15.5. The highest BCUT2D eigenvalue weighted by molar-refractivity contribution is 5.85. The third-order valence-corrected chi connectivity index (χ3v) is 2.75. The highest BCUT2D eigenvalue weighted by Gasteiger charge is 2.43. The summed E-state index contributed by atoms with van der Waals surface area (Å²) in [7, 11) is 4.02. The Bertz CT molecular complexity index is 445. The van der Waals surface area contributed by atoms with E-state index in [0.29, 0.717) is 0 Å². The lowest BCUT2D eigenvalue weighted by molar-refractivity contribution is -0.210. The van der Waals surface area contributed by atoms with Crippen LogP contribution in [0.15, 0.2) is 12.1 Å². The molecule has 0 amide bonds. The Balaban J connectivity index is 0.00000400. The van der Waals surface area contributed by atoms with Crippen LogP contribution in [0, 0.1) is 0 Å². The van der Waals surface area contributed by atoms with Crippen LogP contribution in [-0.4, -0.2) is 38.7 Å². The minimum absolute atomic E-state index is 0. The lowest BCUT2D eigenvalue weighted by atomic mass is 10.0. The third kappa shape index (κ3) is 4.29. The fourth-order valence-electron chi connectivity index (χ4n) is 1.68. The summed E-state index contributed by atoms with van der Waals surface area (Å²) >= 11 is 0. The molecule has 1 rings (SSSR count). The summed E-state index contributed by atoms with van der Waals surface area (Å²) in [6.45, 7) is 0. The van der Waals surface area contributed by atoms with Gasteiger partial charge in [0.05, 0.1) is 27.4 Å². The van der Waals surface area contributed by atoms with Gasteiger partial charge in [-0.1, -0.05) is 0 Å². The Labute approximate surface area is 126 Å². The second kappa shape index (κ2) is 7.58. The summed E-state index contributed by atoms with van der Waals surface area (Å²) in [5.74, 6) is 0.547. The fourth-order valence-corrected chi connectivity index (χ4v) is 1.68. The second-order valence-electron chi connectivity index (χ2n) is 3.97. The number of nitrogens with two attached hydrogens (primary N) is 1. The van der Waals surface area contributed by atoms with Crippen molar-refractivity contribution in [1.82, 2.24) is 0 Å². The predicted octanol–water partition coefficient (Wildman–Crippen LogP) is 2.06. The first-order valence-corrected chi connectivity index (χ1v) is 5.56. The Morgan fingerprint density at radius 2 is 1.48 bits per heavy atom. The molecule has 3 N–H and O–H groups in total. The van der Waals surface area contributed by atoms with Gasteiger partial charge in [-0.15, -0.1) is 12.4 Å². The zero-order valence-electron chi connectivity index (χ0n) is 11.6. The quantitative estimate of drug-likeness (QED) is 0.864. The lowest BCUT2D eigenvalue weighted by Gasteiger charge is -2.23. The van der Waals surface area contributed by atoms with Crippen molar-refractivity contribution in [1.29, 1.82) is 0 Å². The molecule has 0 aliphatic heterocycles. The molecule has 0 radical (unpaired) electrons. The number of aliphatic hydroxyl groups is 1. The summed E-state index contributed by atoms with van der Waals surface area (Å²) < 4.78 is 52.5. The minimum atomic E-state index is -4.82. The van der Waals surface area contributed by atoms with Crippen molar-refractivity contribution in [2.45, 2.75) is 18.3 Å². The van der Waals surface area contributed by atoms with Crippen molar-refractivity contribution >= 4 is 12.4 Å². The van der Waals surface area contributed by atoms with Gasteiger partial charge in [-0.2, -0.15) is 13.2 Å². The van der Waals surface area contributed by atoms with E-state index in [1.807, 2.05) is 0 Å². The summed E-state index contributed by atoms with van der Waals surface area (Å²) in [5.41, 5.74) is 5.46. The third-order valence-electron chi connectivity index (χ3n) is 2.75. The van der Waals surface area contributed by atoms with Gasteiger partial charge >= 0.3 is 6.18 Å². The Morgan fingerprint density at radius 3 is 1.76 bits per heavy atom. The van der Waals surface area contributed by atoms with Crippen LogP contribution in [0.2, 0.25) is 0 Å². The molecule has 2 atom stereocenters. The molecule has 0 bridgehead atoms. The van der Waals surface area contributed by atoms with E-state index in [0.717, 1.165) is 0 Å². The van der Waals surface area contributed by atoms with Crippen LogP contribution in [-0.2, 0) is 0 Å². The SMILES string of the molecule is COc1cc([C@@H](N)[C@@H](O)C(F)(F)F)cc(OC)c1OC.Cl. The maximum Gasteiger partial charge on any atom is 0.416 e. The molecular formula is C12H17ClF3NO4. The second-order valence-corrected chi connectivity index (χ2v) is 3.97. The number of methoxy groups -OCH3 is 3. The summed E-state index contributed by atoms with van der Waals surface area (Å²) in [4.78, 5) is 0. The Morgan fingerprint density at radius 1 is 1.05 bits per heavy atom. The van der Waals surface area contributed by atoms with Gasteiger partial charge in [0.1, 0.15) is 0 Å². The monoisotopic (exact) mass is 331 g/mol. The lowest BCUT2D eigenvalue weighted by Crippen LogP contribution is -2.38. The molecule has 0 aliphatic rings. The molecule has 0 saturated heterocycles. The van der Waals surface area contributed by atoms with Crippen LogP contribution in [0.25, 0.3) is 0 Å². The summed E-state index contributed by atoms with van der Waals surface area (Å²) in [6, 6.07) is 0.866. The average Bonchev–Trinajstić information content (AvgIpc) is 2.42. The van der Waals surface area contributed by atoms with Gasteiger partial charge in [0.15, 0.2) is 17.6 Å². The first kappa shape index (κ1) is 19.6. The number of ether oxygens (including phenoxy) is 3. The number of halogens is 4. The molecule has 122 valence electrons. The van der Waals surface area contributed by atoms with E-state index in [4.69, 9.17) is 19.9 Å². The van der Waals surface area contributed by atoms with Gasteiger partial charge in [0.2, 0.25) is 5.75 Å².